The fourth-order valence-electron chi connectivity index (χ4n) is 3.70. The molecule has 7 nitrogen and oxygen atoms in total. The van der Waals surface area contributed by atoms with E-state index >= 15 is 0 Å². The van der Waals surface area contributed by atoms with Crippen molar-refractivity contribution in [2.45, 2.75) is 38.9 Å². The van der Waals surface area contributed by atoms with Gasteiger partial charge >= 0.3 is 0 Å². The number of hydrogen-bond acceptors (Lipinski definition) is 6. The second kappa shape index (κ2) is 11.3. The van der Waals surface area contributed by atoms with Crippen LogP contribution >= 0.6 is 11.6 Å². The van der Waals surface area contributed by atoms with Gasteiger partial charge in [-0.05, 0) is 56.2 Å². The third-order valence-corrected chi connectivity index (χ3v) is 5.50. The largest absolute Gasteiger partial charge is 0.490 e. The maximum absolute atomic E-state index is 12.0. The number of ketones is 1. The summed E-state index contributed by atoms with van der Waals surface area (Å²) >= 11 is 5.91. The molecule has 0 bridgehead atoms. The van der Waals surface area contributed by atoms with Crippen LogP contribution in [0.3, 0.4) is 0 Å². The molecule has 0 saturated carbocycles. The Kier molecular flexibility index (Phi) is 8.50. The molecule has 3 rings (SSSR count). The van der Waals surface area contributed by atoms with Crippen molar-refractivity contribution in [2.24, 2.45) is 0 Å². The van der Waals surface area contributed by atoms with Crippen LogP contribution < -0.4 is 14.8 Å². The second-order valence-corrected chi connectivity index (χ2v) is 8.39. The van der Waals surface area contributed by atoms with Crippen LogP contribution in [0.5, 0.6) is 11.5 Å². The highest BCUT2D eigenvalue weighted by Crippen LogP contribution is 2.30. The zero-order valence-electron chi connectivity index (χ0n) is 18.3. The van der Waals surface area contributed by atoms with Crippen LogP contribution in [0.1, 0.15) is 37.0 Å². The molecule has 1 heterocycles. The van der Waals surface area contributed by atoms with E-state index in [1.54, 1.807) is 18.2 Å². The first-order valence-electron chi connectivity index (χ1n) is 10.7. The molecule has 0 aliphatic carbocycles. The van der Waals surface area contributed by atoms with E-state index in [4.69, 9.17) is 21.1 Å². The van der Waals surface area contributed by atoms with Gasteiger partial charge in [0.05, 0.1) is 11.3 Å². The lowest BCUT2D eigenvalue weighted by Crippen LogP contribution is -2.43. The molecule has 1 atom stereocenters. The Balaban J connectivity index is 1.49. The third kappa shape index (κ3) is 6.95. The number of para-hydroxylation sites is 1. The molecule has 1 fully saturated rings. The zero-order chi connectivity index (χ0) is 23.1. The van der Waals surface area contributed by atoms with Crippen LogP contribution in [0.2, 0.25) is 5.02 Å². The SMILES string of the molecule is CC(=O)Nc1cccc(C(C)=O)c1OCC(O)CN1CCC(Oc2ccc(Cl)cc2)CC1. The number of nitrogens with one attached hydrogen (secondary N) is 1. The van der Waals surface area contributed by atoms with E-state index in [2.05, 4.69) is 10.2 Å². The van der Waals surface area contributed by atoms with Gasteiger partial charge in [0.15, 0.2) is 11.5 Å². The molecule has 1 saturated heterocycles. The molecule has 32 heavy (non-hydrogen) atoms. The number of carbonyl (C=O) groups excluding carboxylic acids is 2. The van der Waals surface area contributed by atoms with E-state index in [0.717, 1.165) is 31.7 Å². The Hall–Kier alpha value is -2.61. The topological polar surface area (TPSA) is 88.1 Å². The first kappa shape index (κ1) is 24.0. The highest BCUT2D eigenvalue weighted by Gasteiger charge is 2.23. The van der Waals surface area contributed by atoms with Crippen molar-refractivity contribution in [3.05, 3.63) is 53.1 Å². The van der Waals surface area contributed by atoms with E-state index in [-0.39, 0.29) is 30.2 Å². The molecule has 0 radical (unpaired) electrons. The number of likely N-dealkylation sites (tertiary alicyclic amines) is 1. The molecule has 1 aliphatic rings. The van der Waals surface area contributed by atoms with Crippen LogP contribution in [0, 0.1) is 0 Å². The average molecular weight is 461 g/mol. The summed E-state index contributed by atoms with van der Waals surface area (Å²) in [6.07, 6.45) is 1.10. The minimum Gasteiger partial charge on any atom is -0.490 e. The van der Waals surface area contributed by atoms with Crippen LogP contribution in [0.25, 0.3) is 0 Å². The molecular weight excluding hydrogens is 432 g/mol. The summed E-state index contributed by atoms with van der Waals surface area (Å²) in [7, 11) is 0. The number of hydrogen-bond donors (Lipinski definition) is 2. The van der Waals surface area contributed by atoms with E-state index in [1.807, 2.05) is 24.3 Å². The summed E-state index contributed by atoms with van der Waals surface area (Å²) < 4.78 is 11.8. The van der Waals surface area contributed by atoms with Gasteiger partial charge in [-0.15, -0.1) is 0 Å². The molecular formula is C24H29ClN2O5. The van der Waals surface area contributed by atoms with Crippen LogP contribution in [0.15, 0.2) is 42.5 Å². The minimum atomic E-state index is -0.742. The van der Waals surface area contributed by atoms with Crippen LogP contribution in [-0.4, -0.2) is 60.1 Å². The number of β-amino-alcohol motifs (C(OH)–C–C–N with tert-alkyl or cyclic N) is 1. The number of amides is 1. The Labute approximate surface area is 193 Å². The molecule has 0 spiro atoms. The number of ether oxygens (including phenoxy) is 2. The Morgan fingerprint density at radius 3 is 2.47 bits per heavy atom. The molecule has 8 heteroatoms. The summed E-state index contributed by atoms with van der Waals surface area (Å²) in [6.45, 7) is 4.89. The summed E-state index contributed by atoms with van der Waals surface area (Å²) in [5.74, 6) is 0.647. The van der Waals surface area contributed by atoms with Crippen LogP contribution in [0.4, 0.5) is 5.69 Å². The summed E-state index contributed by atoms with van der Waals surface area (Å²) in [5, 5.41) is 13.9. The smallest absolute Gasteiger partial charge is 0.221 e. The Morgan fingerprint density at radius 2 is 1.84 bits per heavy atom. The molecule has 2 aromatic rings. The van der Waals surface area contributed by atoms with Crippen molar-refractivity contribution in [3.8, 4) is 11.5 Å². The van der Waals surface area contributed by atoms with Crippen molar-refractivity contribution in [1.82, 2.24) is 4.90 Å². The van der Waals surface area contributed by atoms with Crippen molar-refractivity contribution < 1.29 is 24.2 Å². The number of anilines is 1. The lowest BCUT2D eigenvalue weighted by molar-refractivity contribution is -0.114. The number of Topliss-reactive ketones (excluding diaryl/α,β-unsaturated/α-hetero) is 1. The van der Waals surface area contributed by atoms with Gasteiger partial charge in [0.2, 0.25) is 5.91 Å². The predicted octanol–water partition coefficient (Wildman–Crippen LogP) is 3.78. The number of aliphatic hydroxyl groups is 1. The van der Waals surface area contributed by atoms with Crippen molar-refractivity contribution in [2.75, 3.05) is 31.6 Å². The van der Waals surface area contributed by atoms with Gasteiger partial charge in [-0.2, -0.15) is 0 Å². The van der Waals surface area contributed by atoms with Gasteiger partial charge in [0.25, 0.3) is 0 Å². The number of nitrogens with zero attached hydrogens (tertiary/aromatic N) is 1. The van der Waals surface area contributed by atoms with Crippen molar-refractivity contribution in [1.29, 1.82) is 0 Å². The first-order valence-corrected chi connectivity index (χ1v) is 11.1. The van der Waals surface area contributed by atoms with Gasteiger partial charge in [0.1, 0.15) is 24.6 Å². The van der Waals surface area contributed by atoms with Gasteiger partial charge in [-0.1, -0.05) is 17.7 Å². The highest BCUT2D eigenvalue weighted by atomic mass is 35.5. The number of rotatable bonds is 9. The maximum atomic E-state index is 12.0. The van der Waals surface area contributed by atoms with Gasteiger partial charge in [0, 0.05) is 31.6 Å². The maximum Gasteiger partial charge on any atom is 0.221 e. The minimum absolute atomic E-state index is 0.0120. The number of halogens is 1. The zero-order valence-corrected chi connectivity index (χ0v) is 19.1. The number of carbonyl (C=O) groups is 2. The lowest BCUT2D eigenvalue weighted by Gasteiger charge is -2.33. The van der Waals surface area contributed by atoms with Gasteiger partial charge < -0.3 is 24.8 Å². The van der Waals surface area contributed by atoms with Gasteiger partial charge in [-0.3, -0.25) is 9.59 Å². The molecule has 2 aromatic carbocycles. The van der Waals surface area contributed by atoms with E-state index in [9.17, 15) is 14.7 Å². The van der Waals surface area contributed by atoms with Crippen LogP contribution in [-0.2, 0) is 4.79 Å². The van der Waals surface area contributed by atoms with E-state index in [1.165, 1.54) is 13.8 Å². The number of aliphatic hydroxyl groups excluding tert-OH is 1. The molecule has 1 aliphatic heterocycles. The normalized spacial score (nSPS) is 15.8. The highest BCUT2D eigenvalue weighted by molar-refractivity contribution is 6.30. The fraction of sp³-hybridized carbons (Fsp3) is 0.417. The standard InChI is InChI=1S/C24H29ClN2O5/c1-16(28)22-4-3-5-23(26-17(2)29)24(22)31-15-19(30)14-27-12-10-21(11-13-27)32-20-8-6-18(25)7-9-20/h3-9,19,21,30H,10-15H2,1-2H3,(H,26,29). The molecule has 1 amide bonds. The van der Waals surface area contributed by atoms with Gasteiger partial charge in [-0.25, -0.2) is 0 Å². The second-order valence-electron chi connectivity index (χ2n) is 7.96. The monoisotopic (exact) mass is 460 g/mol. The Bertz CT molecular complexity index is 926. The molecule has 2 N–H and O–H groups in total. The number of benzene rings is 2. The third-order valence-electron chi connectivity index (χ3n) is 5.25. The molecule has 0 aromatic heterocycles. The summed E-state index contributed by atoms with van der Waals surface area (Å²) in [6, 6.07) is 12.3. The summed E-state index contributed by atoms with van der Waals surface area (Å²) in [5.41, 5.74) is 0.779. The lowest BCUT2D eigenvalue weighted by atomic mass is 10.1. The fourth-order valence-corrected chi connectivity index (χ4v) is 3.83. The molecule has 1 unspecified atom stereocenters. The van der Waals surface area contributed by atoms with Crippen molar-refractivity contribution >= 4 is 29.0 Å². The molecule has 172 valence electrons. The Morgan fingerprint density at radius 1 is 1.16 bits per heavy atom. The average Bonchev–Trinajstić information content (AvgIpc) is 2.75. The number of piperidine rings is 1. The van der Waals surface area contributed by atoms with Crippen molar-refractivity contribution in [3.63, 3.8) is 0 Å². The van der Waals surface area contributed by atoms with E-state index < -0.39 is 6.10 Å². The quantitative estimate of drug-likeness (QED) is 0.553. The first-order chi connectivity index (χ1) is 15.3. The predicted molar refractivity (Wildman–Crippen MR) is 124 cm³/mol. The van der Waals surface area contributed by atoms with E-state index in [0.29, 0.717) is 22.8 Å². The summed E-state index contributed by atoms with van der Waals surface area (Å²) in [4.78, 5) is 25.6.